The van der Waals surface area contributed by atoms with Crippen molar-refractivity contribution in [3.63, 3.8) is 0 Å². The number of hydrogen-bond acceptors (Lipinski definition) is 4. The maximum Gasteiger partial charge on any atom is 0.158 e. The summed E-state index contributed by atoms with van der Waals surface area (Å²) < 4.78 is 0.921. The monoisotopic (exact) mass is 317 g/mol. The molecule has 0 aromatic carbocycles. The van der Waals surface area contributed by atoms with Gasteiger partial charge >= 0.3 is 0 Å². The van der Waals surface area contributed by atoms with E-state index >= 15 is 0 Å². The van der Waals surface area contributed by atoms with Crippen LogP contribution in [0.15, 0.2) is 35.1 Å². The van der Waals surface area contributed by atoms with Crippen LogP contribution in [-0.2, 0) is 0 Å². The first-order valence-corrected chi connectivity index (χ1v) is 6.58. The number of rotatable bonds is 2. The van der Waals surface area contributed by atoms with E-state index in [2.05, 4.69) is 35.9 Å². The molecular formula is C13H12BrN5. The Hall–Kier alpha value is -1.95. The third-order valence-electron chi connectivity index (χ3n) is 2.84. The van der Waals surface area contributed by atoms with Crippen molar-refractivity contribution < 1.29 is 0 Å². The largest absolute Gasteiger partial charge is 0.376 e. The second-order valence-electron chi connectivity index (χ2n) is 4.37. The fraction of sp³-hybridized carbons (Fsp3) is 0.154. The van der Waals surface area contributed by atoms with Crippen LogP contribution in [0.2, 0.25) is 0 Å². The molecule has 3 aromatic rings. The number of imidazole rings is 1. The summed E-state index contributed by atoms with van der Waals surface area (Å²) in [6, 6.07) is 5.83. The SMILES string of the molecule is CN(C)c1ccc(-c2nc3c(Br)ccnc3[nH]2)nc1. The molecule has 0 aliphatic rings. The Balaban J connectivity index is 2.06. The van der Waals surface area contributed by atoms with Crippen molar-refractivity contribution in [1.82, 2.24) is 19.9 Å². The summed E-state index contributed by atoms with van der Waals surface area (Å²) in [5.74, 6) is 0.722. The third-order valence-corrected chi connectivity index (χ3v) is 3.48. The van der Waals surface area contributed by atoms with Crippen LogP contribution in [0.4, 0.5) is 5.69 Å². The first-order chi connectivity index (χ1) is 9.15. The minimum absolute atomic E-state index is 0.722. The van der Waals surface area contributed by atoms with Gasteiger partial charge in [0.2, 0.25) is 0 Å². The molecule has 0 atom stereocenters. The quantitative estimate of drug-likeness (QED) is 0.789. The van der Waals surface area contributed by atoms with Crippen molar-refractivity contribution >= 4 is 32.8 Å². The van der Waals surface area contributed by atoms with Gasteiger partial charge in [0.15, 0.2) is 11.5 Å². The number of aromatic nitrogens is 4. The van der Waals surface area contributed by atoms with E-state index in [1.165, 1.54) is 0 Å². The van der Waals surface area contributed by atoms with Crippen LogP contribution in [0, 0.1) is 0 Å². The lowest BCUT2D eigenvalue weighted by Gasteiger charge is -2.11. The number of nitrogens with zero attached hydrogens (tertiary/aromatic N) is 4. The molecule has 0 bridgehead atoms. The van der Waals surface area contributed by atoms with Crippen molar-refractivity contribution in [2.24, 2.45) is 0 Å². The molecule has 1 N–H and O–H groups in total. The zero-order valence-corrected chi connectivity index (χ0v) is 12.1. The van der Waals surface area contributed by atoms with Gasteiger partial charge in [-0.15, -0.1) is 0 Å². The summed E-state index contributed by atoms with van der Waals surface area (Å²) in [5.41, 5.74) is 3.42. The number of anilines is 1. The molecule has 0 unspecified atom stereocenters. The topological polar surface area (TPSA) is 57.7 Å². The van der Waals surface area contributed by atoms with Gasteiger partial charge in [-0.1, -0.05) is 0 Å². The minimum atomic E-state index is 0.722. The Morgan fingerprint density at radius 1 is 1.16 bits per heavy atom. The lowest BCUT2D eigenvalue weighted by molar-refractivity contribution is 1.11. The molecule has 5 nitrogen and oxygen atoms in total. The van der Waals surface area contributed by atoms with Crippen molar-refractivity contribution in [2.45, 2.75) is 0 Å². The Labute approximate surface area is 118 Å². The molecule has 6 heteroatoms. The van der Waals surface area contributed by atoms with Crippen molar-refractivity contribution in [2.75, 3.05) is 19.0 Å². The van der Waals surface area contributed by atoms with Gasteiger partial charge < -0.3 is 9.88 Å². The molecule has 0 radical (unpaired) electrons. The van der Waals surface area contributed by atoms with E-state index in [-0.39, 0.29) is 0 Å². The van der Waals surface area contributed by atoms with Gasteiger partial charge in [0.05, 0.1) is 11.9 Å². The first-order valence-electron chi connectivity index (χ1n) is 5.79. The van der Waals surface area contributed by atoms with Gasteiger partial charge in [0, 0.05) is 24.8 Å². The molecule has 96 valence electrons. The average Bonchev–Trinajstić information content (AvgIpc) is 2.84. The molecular weight excluding hydrogens is 306 g/mol. The van der Waals surface area contributed by atoms with Crippen molar-refractivity contribution in [1.29, 1.82) is 0 Å². The fourth-order valence-corrected chi connectivity index (χ4v) is 2.19. The van der Waals surface area contributed by atoms with E-state index < -0.39 is 0 Å². The molecule has 3 heterocycles. The second kappa shape index (κ2) is 4.62. The number of nitrogens with one attached hydrogen (secondary N) is 1. The molecule has 0 saturated heterocycles. The molecule has 0 amide bonds. The number of pyridine rings is 2. The number of halogens is 1. The van der Waals surface area contributed by atoms with E-state index in [1.54, 1.807) is 6.20 Å². The van der Waals surface area contributed by atoms with Crippen LogP contribution in [0.1, 0.15) is 0 Å². The Bertz CT molecular complexity index is 717. The minimum Gasteiger partial charge on any atom is -0.376 e. The Morgan fingerprint density at radius 3 is 2.63 bits per heavy atom. The number of hydrogen-bond donors (Lipinski definition) is 1. The smallest absolute Gasteiger partial charge is 0.158 e. The van der Waals surface area contributed by atoms with Crippen LogP contribution >= 0.6 is 15.9 Å². The van der Waals surface area contributed by atoms with Crippen LogP contribution in [0.5, 0.6) is 0 Å². The molecule has 0 spiro atoms. The number of fused-ring (bicyclic) bond motifs is 1. The van der Waals surface area contributed by atoms with Gasteiger partial charge in [-0.2, -0.15) is 0 Å². The highest BCUT2D eigenvalue weighted by Gasteiger charge is 2.09. The molecule has 0 aliphatic carbocycles. The van der Waals surface area contributed by atoms with E-state index in [9.17, 15) is 0 Å². The average molecular weight is 318 g/mol. The second-order valence-corrected chi connectivity index (χ2v) is 5.23. The van der Waals surface area contributed by atoms with E-state index in [0.29, 0.717) is 0 Å². The van der Waals surface area contributed by atoms with Crippen molar-refractivity contribution in [3.05, 3.63) is 35.1 Å². The van der Waals surface area contributed by atoms with E-state index in [0.717, 1.165) is 32.8 Å². The molecule has 3 aromatic heterocycles. The first kappa shape index (κ1) is 12.1. The van der Waals surface area contributed by atoms with Gasteiger partial charge in [0.25, 0.3) is 0 Å². The Kier molecular flexibility index (Phi) is 2.94. The summed E-state index contributed by atoms with van der Waals surface area (Å²) in [4.78, 5) is 18.4. The van der Waals surface area contributed by atoms with Gasteiger partial charge in [-0.3, -0.25) is 4.98 Å². The lowest BCUT2D eigenvalue weighted by Crippen LogP contribution is -2.08. The predicted molar refractivity (Wildman–Crippen MR) is 79.1 cm³/mol. The maximum atomic E-state index is 4.52. The molecule has 0 fully saturated rings. The van der Waals surface area contributed by atoms with E-state index in [1.807, 2.05) is 43.4 Å². The van der Waals surface area contributed by atoms with Crippen LogP contribution in [0.25, 0.3) is 22.7 Å². The molecule has 19 heavy (non-hydrogen) atoms. The van der Waals surface area contributed by atoms with Gasteiger partial charge in [0.1, 0.15) is 11.2 Å². The van der Waals surface area contributed by atoms with Gasteiger partial charge in [-0.25, -0.2) is 9.97 Å². The summed E-state index contributed by atoms with van der Waals surface area (Å²) in [6.45, 7) is 0. The highest BCUT2D eigenvalue weighted by Crippen LogP contribution is 2.24. The fourth-order valence-electron chi connectivity index (χ4n) is 1.79. The molecule has 0 saturated carbocycles. The number of aromatic amines is 1. The zero-order chi connectivity index (χ0) is 13.4. The summed E-state index contributed by atoms with van der Waals surface area (Å²) in [7, 11) is 3.97. The highest BCUT2D eigenvalue weighted by atomic mass is 79.9. The third kappa shape index (κ3) is 2.19. The normalized spacial score (nSPS) is 10.9. The summed E-state index contributed by atoms with van der Waals surface area (Å²) in [5, 5.41) is 0. The molecule has 3 rings (SSSR count). The molecule has 0 aliphatic heterocycles. The Morgan fingerprint density at radius 2 is 2.00 bits per heavy atom. The van der Waals surface area contributed by atoms with Crippen LogP contribution in [-0.4, -0.2) is 34.0 Å². The highest BCUT2D eigenvalue weighted by molar-refractivity contribution is 9.10. The number of H-pyrrole nitrogens is 1. The standard InChI is InChI=1S/C13H12BrN5/c1-19(2)8-3-4-10(16-7-8)12-17-11-9(14)5-6-15-13(11)18-12/h3-7H,1-2H3,(H,15,17,18). The van der Waals surface area contributed by atoms with Crippen LogP contribution < -0.4 is 4.90 Å². The van der Waals surface area contributed by atoms with Crippen molar-refractivity contribution in [3.8, 4) is 11.5 Å². The maximum absolute atomic E-state index is 4.52. The zero-order valence-electron chi connectivity index (χ0n) is 10.6. The summed E-state index contributed by atoms with van der Waals surface area (Å²) >= 11 is 3.46. The van der Waals surface area contributed by atoms with Gasteiger partial charge in [-0.05, 0) is 34.1 Å². The van der Waals surface area contributed by atoms with E-state index in [4.69, 9.17) is 0 Å². The predicted octanol–water partition coefficient (Wildman–Crippen LogP) is 2.85. The lowest BCUT2D eigenvalue weighted by atomic mass is 10.3. The summed E-state index contributed by atoms with van der Waals surface area (Å²) in [6.07, 6.45) is 3.56. The van der Waals surface area contributed by atoms with Crippen LogP contribution in [0.3, 0.4) is 0 Å².